The second-order valence-corrected chi connectivity index (χ2v) is 4.44. The number of hydrogen-bond acceptors (Lipinski definition) is 3. The summed E-state index contributed by atoms with van der Waals surface area (Å²) in [6, 6.07) is -0.0181. The average Bonchev–Trinajstić information content (AvgIpc) is 2.28. The molecule has 1 aliphatic heterocycles. The monoisotopic (exact) mass is 226 g/mol. The third-order valence-electron chi connectivity index (χ3n) is 4.02. The summed E-state index contributed by atoms with van der Waals surface area (Å²) in [6.07, 6.45) is 5.41. The zero-order chi connectivity index (χ0) is 12.3. The van der Waals surface area contributed by atoms with Crippen molar-refractivity contribution in [1.82, 2.24) is 4.90 Å². The van der Waals surface area contributed by atoms with Crippen LogP contribution in [0.15, 0.2) is 12.2 Å². The summed E-state index contributed by atoms with van der Waals surface area (Å²) in [6.45, 7) is 4.19. The van der Waals surface area contributed by atoms with Crippen molar-refractivity contribution < 1.29 is 9.90 Å². The maximum Gasteiger partial charge on any atom is 0.226 e. The summed E-state index contributed by atoms with van der Waals surface area (Å²) in [7, 11) is 1.95. The minimum atomic E-state index is -0.289. The van der Waals surface area contributed by atoms with Crippen LogP contribution in [0.25, 0.3) is 0 Å². The van der Waals surface area contributed by atoms with Crippen LogP contribution in [0.4, 0.5) is 0 Å². The van der Waals surface area contributed by atoms with Crippen molar-refractivity contribution in [3.8, 4) is 0 Å². The van der Waals surface area contributed by atoms with Crippen LogP contribution in [-0.2, 0) is 4.79 Å². The maximum absolute atomic E-state index is 11.5. The number of nitrogens with zero attached hydrogens (tertiary/aromatic N) is 1. The molecule has 0 radical (unpaired) electrons. The number of likely N-dealkylation sites (N-methyl/N-ethyl adjacent to an activating group) is 1. The van der Waals surface area contributed by atoms with Gasteiger partial charge < -0.3 is 10.8 Å². The molecule has 0 aromatic carbocycles. The Labute approximate surface area is 97.1 Å². The first kappa shape index (κ1) is 13.2. The third-order valence-corrected chi connectivity index (χ3v) is 4.02. The van der Waals surface area contributed by atoms with Gasteiger partial charge in [-0.15, -0.1) is 0 Å². The minimum Gasteiger partial charge on any atom is -0.394 e. The van der Waals surface area contributed by atoms with E-state index in [-0.39, 0.29) is 30.0 Å². The van der Waals surface area contributed by atoms with E-state index in [1.165, 1.54) is 0 Å². The van der Waals surface area contributed by atoms with Gasteiger partial charge in [0.15, 0.2) is 0 Å². The Hall–Kier alpha value is -0.870. The molecular weight excluding hydrogens is 204 g/mol. The van der Waals surface area contributed by atoms with Crippen LogP contribution in [-0.4, -0.2) is 41.1 Å². The van der Waals surface area contributed by atoms with Crippen LogP contribution < -0.4 is 5.73 Å². The van der Waals surface area contributed by atoms with Gasteiger partial charge in [0.2, 0.25) is 5.91 Å². The first-order chi connectivity index (χ1) is 7.53. The number of carbonyl (C=O) groups excluding carboxylic acids is 1. The zero-order valence-corrected chi connectivity index (χ0v) is 10.3. The van der Waals surface area contributed by atoms with Gasteiger partial charge in [0, 0.05) is 5.54 Å². The summed E-state index contributed by atoms with van der Waals surface area (Å²) in [5.74, 6) is -0.557. The molecule has 0 fully saturated rings. The number of carbonyl (C=O) groups is 1. The molecule has 0 aromatic rings. The second kappa shape index (κ2) is 4.97. The molecule has 0 saturated carbocycles. The first-order valence-corrected chi connectivity index (χ1v) is 5.84. The number of hydrogen-bond donors (Lipinski definition) is 2. The van der Waals surface area contributed by atoms with Gasteiger partial charge in [-0.3, -0.25) is 9.69 Å². The van der Waals surface area contributed by atoms with Gasteiger partial charge in [0.05, 0.1) is 18.6 Å². The molecule has 0 saturated heterocycles. The minimum absolute atomic E-state index is 0.0181. The third kappa shape index (κ3) is 1.87. The van der Waals surface area contributed by atoms with Crippen LogP contribution >= 0.6 is 0 Å². The normalized spacial score (nSPS) is 29.2. The van der Waals surface area contributed by atoms with Crippen LogP contribution in [0, 0.1) is 5.92 Å². The van der Waals surface area contributed by atoms with Crippen molar-refractivity contribution in [2.75, 3.05) is 13.7 Å². The number of primary amides is 1. The molecule has 0 spiro atoms. The van der Waals surface area contributed by atoms with E-state index in [1.54, 1.807) is 0 Å². The Morgan fingerprint density at radius 1 is 1.44 bits per heavy atom. The summed E-state index contributed by atoms with van der Waals surface area (Å²) < 4.78 is 0. The van der Waals surface area contributed by atoms with Crippen molar-refractivity contribution in [3.05, 3.63) is 12.2 Å². The smallest absolute Gasteiger partial charge is 0.226 e. The lowest BCUT2D eigenvalue weighted by atomic mass is 9.74. The Morgan fingerprint density at radius 2 is 2.00 bits per heavy atom. The molecule has 0 aromatic heterocycles. The lowest BCUT2D eigenvalue weighted by molar-refractivity contribution is -0.126. The number of nitrogens with two attached hydrogens (primary N) is 1. The number of aliphatic hydroxyl groups is 1. The standard InChI is InChI=1S/C12H22N2O2/c1-4-12(5-2)10(11(13)16)7-6-9(8-15)14(12)3/h6-7,9-10,15H,4-5,8H2,1-3H3,(H2,13,16). The summed E-state index contributed by atoms with van der Waals surface area (Å²) in [4.78, 5) is 13.6. The molecule has 92 valence electrons. The maximum atomic E-state index is 11.5. The van der Waals surface area contributed by atoms with Gasteiger partial charge in [-0.05, 0) is 19.9 Å². The van der Waals surface area contributed by atoms with Gasteiger partial charge in [-0.25, -0.2) is 0 Å². The van der Waals surface area contributed by atoms with Gasteiger partial charge >= 0.3 is 0 Å². The molecule has 1 aliphatic rings. The van der Waals surface area contributed by atoms with Crippen LogP contribution in [0.3, 0.4) is 0 Å². The fourth-order valence-corrected chi connectivity index (χ4v) is 2.83. The molecule has 4 nitrogen and oxygen atoms in total. The predicted molar refractivity (Wildman–Crippen MR) is 63.8 cm³/mol. The predicted octanol–water partition coefficient (Wildman–Crippen LogP) is 0.509. The SMILES string of the molecule is CCC1(CC)C(C(N)=O)C=CC(CO)N1C. The molecule has 2 atom stereocenters. The number of amides is 1. The zero-order valence-electron chi connectivity index (χ0n) is 10.3. The molecule has 0 bridgehead atoms. The van der Waals surface area contributed by atoms with Crippen LogP contribution in [0.2, 0.25) is 0 Å². The fraction of sp³-hybridized carbons (Fsp3) is 0.750. The van der Waals surface area contributed by atoms with E-state index < -0.39 is 0 Å². The average molecular weight is 226 g/mol. The van der Waals surface area contributed by atoms with E-state index in [1.807, 2.05) is 19.2 Å². The largest absolute Gasteiger partial charge is 0.394 e. The Morgan fingerprint density at radius 3 is 2.38 bits per heavy atom. The topological polar surface area (TPSA) is 66.6 Å². The van der Waals surface area contributed by atoms with Crippen molar-refractivity contribution in [2.45, 2.75) is 38.3 Å². The molecule has 1 rings (SSSR count). The van der Waals surface area contributed by atoms with Gasteiger partial charge in [0.1, 0.15) is 0 Å². The molecular formula is C12H22N2O2. The van der Waals surface area contributed by atoms with Gasteiger partial charge in [0.25, 0.3) is 0 Å². The molecule has 0 aliphatic carbocycles. The summed E-state index contributed by atoms with van der Waals surface area (Å²) >= 11 is 0. The van der Waals surface area contributed by atoms with Crippen LogP contribution in [0.5, 0.6) is 0 Å². The van der Waals surface area contributed by atoms with Gasteiger partial charge in [-0.2, -0.15) is 0 Å². The van der Waals surface area contributed by atoms with Crippen molar-refractivity contribution in [2.24, 2.45) is 11.7 Å². The Bertz CT molecular complexity index is 285. The highest BCUT2D eigenvalue weighted by Gasteiger charge is 2.45. The highest BCUT2D eigenvalue weighted by molar-refractivity contribution is 5.80. The number of rotatable bonds is 4. The van der Waals surface area contributed by atoms with E-state index in [4.69, 9.17) is 5.73 Å². The summed E-state index contributed by atoms with van der Waals surface area (Å²) in [5, 5.41) is 9.30. The lowest BCUT2D eigenvalue weighted by Crippen LogP contribution is -2.60. The molecule has 4 heteroatoms. The van der Waals surface area contributed by atoms with Crippen molar-refractivity contribution in [1.29, 1.82) is 0 Å². The van der Waals surface area contributed by atoms with Crippen molar-refractivity contribution in [3.63, 3.8) is 0 Å². The van der Waals surface area contributed by atoms with E-state index in [0.717, 1.165) is 12.8 Å². The number of aliphatic hydroxyl groups excluding tert-OH is 1. The Kier molecular flexibility index (Phi) is 4.10. The molecule has 2 unspecified atom stereocenters. The quantitative estimate of drug-likeness (QED) is 0.686. The van der Waals surface area contributed by atoms with E-state index in [0.29, 0.717) is 0 Å². The molecule has 16 heavy (non-hydrogen) atoms. The molecule has 1 heterocycles. The van der Waals surface area contributed by atoms with Crippen molar-refractivity contribution >= 4 is 5.91 Å². The highest BCUT2D eigenvalue weighted by atomic mass is 16.3. The van der Waals surface area contributed by atoms with Crippen LogP contribution in [0.1, 0.15) is 26.7 Å². The molecule has 3 N–H and O–H groups in total. The van der Waals surface area contributed by atoms with E-state index >= 15 is 0 Å². The first-order valence-electron chi connectivity index (χ1n) is 5.84. The summed E-state index contributed by atoms with van der Waals surface area (Å²) in [5.41, 5.74) is 5.21. The van der Waals surface area contributed by atoms with Gasteiger partial charge in [-0.1, -0.05) is 26.0 Å². The van der Waals surface area contributed by atoms with E-state index in [9.17, 15) is 9.90 Å². The lowest BCUT2D eigenvalue weighted by Gasteiger charge is -2.49. The fourth-order valence-electron chi connectivity index (χ4n) is 2.83. The second-order valence-electron chi connectivity index (χ2n) is 4.44. The molecule has 1 amide bonds. The highest BCUT2D eigenvalue weighted by Crippen LogP contribution is 2.37. The van der Waals surface area contributed by atoms with E-state index in [2.05, 4.69) is 18.7 Å². The Balaban J connectivity index is 3.15.